The molecule has 0 amide bonds. The van der Waals surface area contributed by atoms with Crippen molar-refractivity contribution in [3.63, 3.8) is 0 Å². The second kappa shape index (κ2) is 3.56. The van der Waals surface area contributed by atoms with E-state index in [0.717, 1.165) is 30.3 Å². The maximum Gasteiger partial charge on any atom is 0.138 e. The summed E-state index contributed by atoms with van der Waals surface area (Å²) in [5, 5.41) is 7.65. The summed E-state index contributed by atoms with van der Waals surface area (Å²) >= 11 is 0. The Balaban J connectivity index is 2.37. The van der Waals surface area contributed by atoms with E-state index in [0.29, 0.717) is 0 Å². The molecule has 3 heteroatoms. The lowest BCUT2D eigenvalue weighted by molar-refractivity contribution is 0.315. The number of hydrogen-bond acceptors (Lipinski definition) is 3. The van der Waals surface area contributed by atoms with Crippen LogP contribution in [0.25, 0.3) is 11.0 Å². The highest BCUT2D eigenvalue weighted by Gasteiger charge is 2.04. The van der Waals surface area contributed by atoms with E-state index < -0.39 is 0 Å². The van der Waals surface area contributed by atoms with Crippen LogP contribution < -0.4 is 0 Å². The molecule has 1 aromatic carbocycles. The Morgan fingerprint density at radius 3 is 3.08 bits per heavy atom. The van der Waals surface area contributed by atoms with Crippen molar-refractivity contribution >= 4 is 11.0 Å². The van der Waals surface area contributed by atoms with Gasteiger partial charge < -0.3 is 0 Å². The standard InChI is InChI=1S/C10H11N2O/c1-2-3-5-8-6-4-7-9-10(8)12-13-11-9/h4,6-7H,1-3,5H2. The van der Waals surface area contributed by atoms with Gasteiger partial charge >= 0.3 is 0 Å². The summed E-state index contributed by atoms with van der Waals surface area (Å²) in [6.45, 7) is 3.81. The van der Waals surface area contributed by atoms with Crippen LogP contribution in [0.2, 0.25) is 0 Å². The Bertz CT molecular complexity index is 394. The maximum atomic E-state index is 4.67. The summed E-state index contributed by atoms with van der Waals surface area (Å²) in [6, 6.07) is 5.94. The van der Waals surface area contributed by atoms with Crippen molar-refractivity contribution < 1.29 is 4.63 Å². The summed E-state index contributed by atoms with van der Waals surface area (Å²) < 4.78 is 4.67. The highest BCUT2D eigenvalue weighted by molar-refractivity contribution is 5.76. The van der Waals surface area contributed by atoms with Gasteiger partial charge in [0.1, 0.15) is 11.0 Å². The van der Waals surface area contributed by atoms with E-state index in [1.165, 1.54) is 5.56 Å². The smallest absolute Gasteiger partial charge is 0.138 e. The van der Waals surface area contributed by atoms with Crippen LogP contribution in [-0.4, -0.2) is 10.3 Å². The molecule has 0 spiro atoms. The quantitative estimate of drug-likeness (QED) is 0.718. The Morgan fingerprint density at radius 2 is 2.23 bits per heavy atom. The number of unbranched alkanes of at least 4 members (excludes halogenated alkanes) is 1. The van der Waals surface area contributed by atoms with Crippen molar-refractivity contribution in [2.75, 3.05) is 0 Å². The minimum Gasteiger partial charge on any atom is -0.243 e. The molecule has 1 heterocycles. The zero-order valence-corrected chi connectivity index (χ0v) is 7.36. The van der Waals surface area contributed by atoms with E-state index >= 15 is 0 Å². The molecular formula is C10H11N2O. The van der Waals surface area contributed by atoms with Gasteiger partial charge in [0.15, 0.2) is 0 Å². The first kappa shape index (κ1) is 8.23. The lowest BCUT2D eigenvalue weighted by Crippen LogP contribution is -1.86. The summed E-state index contributed by atoms with van der Waals surface area (Å²) in [5.41, 5.74) is 2.92. The van der Waals surface area contributed by atoms with Gasteiger partial charge in [0.2, 0.25) is 0 Å². The molecule has 0 bridgehead atoms. The largest absolute Gasteiger partial charge is 0.243 e. The normalized spacial score (nSPS) is 10.8. The van der Waals surface area contributed by atoms with E-state index in [-0.39, 0.29) is 0 Å². The number of rotatable bonds is 3. The van der Waals surface area contributed by atoms with E-state index in [1.807, 2.05) is 12.1 Å². The van der Waals surface area contributed by atoms with Gasteiger partial charge in [-0.2, -0.15) is 0 Å². The molecule has 0 atom stereocenters. The average Bonchev–Trinajstić information content (AvgIpc) is 2.62. The summed E-state index contributed by atoms with van der Waals surface area (Å²) in [5.74, 6) is 0. The number of benzene rings is 1. The monoisotopic (exact) mass is 175 g/mol. The number of aromatic nitrogens is 2. The fourth-order valence-corrected chi connectivity index (χ4v) is 1.38. The van der Waals surface area contributed by atoms with Gasteiger partial charge in [-0.25, -0.2) is 4.63 Å². The van der Waals surface area contributed by atoms with Crippen LogP contribution in [0.15, 0.2) is 22.8 Å². The molecule has 0 aliphatic rings. The molecule has 3 nitrogen and oxygen atoms in total. The van der Waals surface area contributed by atoms with Crippen molar-refractivity contribution in [1.29, 1.82) is 0 Å². The molecule has 13 heavy (non-hydrogen) atoms. The maximum absolute atomic E-state index is 4.67. The molecule has 0 saturated carbocycles. The second-order valence-corrected chi connectivity index (χ2v) is 3.01. The average molecular weight is 175 g/mol. The summed E-state index contributed by atoms with van der Waals surface area (Å²) in [6.07, 6.45) is 3.02. The lowest BCUT2D eigenvalue weighted by atomic mass is 10.1. The van der Waals surface area contributed by atoms with Crippen LogP contribution in [0.4, 0.5) is 0 Å². The Hall–Kier alpha value is -1.38. The first-order valence-corrected chi connectivity index (χ1v) is 4.41. The molecule has 0 saturated heterocycles. The number of fused-ring (bicyclic) bond motifs is 1. The number of nitrogens with zero attached hydrogens (tertiary/aromatic N) is 2. The Morgan fingerprint density at radius 1 is 1.31 bits per heavy atom. The van der Waals surface area contributed by atoms with E-state index in [2.05, 4.69) is 27.9 Å². The fourth-order valence-electron chi connectivity index (χ4n) is 1.38. The zero-order chi connectivity index (χ0) is 9.10. The van der Waals surface area contributed by atoms with Gasteiger partial charge in [-0.3, -0.25) is 0 Å². The second-order valence-electron chi connectivity index (χ2n) is 3.01. The minimum absolute atomic E-state index is 0.835. The third-order valence-electron chi connectivity index (χ3n) is 2.07. The lowest BCUT2D eigenvalue weighted by Gasteiger charge is -1.97. The molecule has 67 valence electrons. The molecule has 0 N–H and O–H groups in total. The van der Waals surface area contributed by atoms with Crippen molar-refractivity contribution in [1.82, 2.24) is 10.3 Å². The van der Waals surface area contributed by atoms with Gasteiger partial charge in [0.25, 0.3) is 0 Å². The predicted octanol–water partition coefficient (Wildman–Crippen LogP) is 2.38. The van der Waals surface area contributed by atoms with Gasteiger partial charge in [0.05, 0.1) is 0 Å². The topological polar surface area (TPSA) is 38.9 Å². The molecule has 0 unspecified atom stereocenters. The van der Waals surface area contributed by atoms with Gasteiger partial charge in [-0.05, 0) is 34.8 Å². The molecule has 2 rings (SSSR count). The predicted molar refractivity (Wildman–Crippen MR) is 50.1 cm³/mol. The van der Waals surface area contributed by atoms with Crippen molar-refractivity contribution in [2.24, 2.45) is 0 Å². The van der Waals surface area contributed by atoms with Crippen LogP contribution >= 0.6 is 0 Å². The number of aryl methyl sites for hydroxylation is 1. The Labute approximate surface area is 76.7 Å². The van der Waals surface area contributed by atoms with Crippen LogP contribution in [-0.2, 0) is 6.42 Å². The van der Waals surface area contributed by atoms with Gasteiger partial charge in [0, 0.05) is 0 Å². The zero-order valence-electron chi connectivity index (χ0n) is 7.36. The third-order valence-corrected chi connectivity index (χ3v) is 2.07. The van der Waals surface area contributed by atoms with Crippen LogP contribution in [0.1, 0.15) is 18.4 Å². The molecule has 0 aliphatic carbocycles. The van der Waals surface area contributed by atoms with Crippen LogP contribution in [0.5, 0.6) is 0 Å². The van der Waals surface area contributed by atoms with E-state index in [9.17, 15) is 0 Å². The minimum atomic E-state index is 0.835. The van der Waals surface area contributed by atoms with E-state index in [4.69, 9.17) is 0 Å². The summed E-state index contributed by atoms with van der Waals surface area (Å²) in [4.78, 5) is 0. The molecule has 1 aromatic heterocycles. The first-order chi connectivity index (χ1) is 6.42. The van der Waals surface area contributed by atoms with Gasteiger partial charge in [-0.15, -0.1) is 0 Å². The molecule has 0 aliphatic heterocycles. The van der Waals surface area contributed by atoms with Crippen molar-refractivity contribution in [3.05, 3.63) is 30.7 Å². The Kier molecular flexibility index (Phi) is 2.25. The van der Waals surface area contributed by atoms with Gasteiger partial charge in [-0.1, -0.05) is 25.5 Å². The van der Waals surface area contributed by atoms with Crippen molar-refractivity contribution in [3.8, 4) is 0 Å². The van der Waals surface area contributed by atoms with E-state index in [1.54, 1.807) is 0 Å². The SMILES string of the molecule is [CH2]CCCc1cccc2nonc12. The van der Waals surface area contributed by atoms with Crippen LogP contribution in [0.3, 0.4) is 0 Å². The molecule has 2 aromatic rings. The molecule has 1 radical (unpaired) electrons. The van der Waals surface area contributed by atoms with Crippen LogP contribution in [0, 0.1) is 6.92 Å². The van der Waals surface area contributed by atoms with Crippen molar-refractivity contribution in [2.45, 2.75) is 19.3 Å². The third kappa shape index (κ3) is 1.54. The first-order valence-electron chi connectivity index (χ1n) is 4.41. The number of hydrogen-bond donors (Lipinski definition) is 0. The summed E-state index contributed by atoms with van der Waals surface area (Å²) in [7, 11) is 0. The molecule has 0 fully saturated rings. The fraction of sp³-hybridized carbons (Fsp3) is 0.300. The highest BCUT2D eigenvalue weighted by atomic mass is 16.6. The highest BCUT2D eigenvalue weighted by Crippen LogP contribution is 2.16. The molecular weight excluding hydrogens is 164 g/mol.